The Kier molecular flexibility index (Phi) is 5.20. The second-order valence-electron chi connectivity index (χ2n) is 5.00. The molecule has 0 radical (unpaired) electrons. The molecule has 7 heteroatoms. The average Bonchev–Trinajstić information content (AvgIpc) is 3.06. The molecule has 22 heavy (non-hydrogen) atoms. The van der Waals surface area contributed by atoms with Gasteiger partial charge in [-0.2, -0.15) is 0 Å². The fourth-order valence-corrected chi connectivity index (χ4v) is 3.39. The third-order valence-electron chi connectivity index (χ3n) is 3.52. The van der Waals surface area contributed by atoms with E-state index in [0.717, 1.165) is 12.8 Å². The minimum Gasteiger partial charge on any atom is -0.496 e. The van der Waals surface area contributed by atoms with E-state index in [2.05, 4.69) is 11.3 Å². The van der Waals surface area contributed by atoms with Crippen LogP contribution in [0, 0.1) is 0 Å². The molecule has 1 aromatic rings. The molecule has 6 nitrogen and oxygen atoms in total. The van der Waals surface area contributed by atoms with Crippen LogP contribution in [0.2, 0.25) is 0 Å². The first-order valence-corrected chi connectivity index (χ1v) is 8.56. The molecule has 0 aromatic heterocycles. The molecular weight excluding hydrogens is 304 g/mol. The van der Waals surface area contributed by atoms with Crippen molar-refractivity contribution in [1.29, 1.82) is 0 Å². The Morgan fingerprint density at radius 3 is 2.68 bits per heavy atom. The zero-order valence-corrected chi connectivity index (χ0v) is 13.4. The summed E-state index contributed by atoms with van der Waals surface area (Å²) >= 11 is 0. The molecule has 1 aliphatic heterocycles. The van der Waals surface area contributed by atoms with E-state index in [1.54, 1.807) is 4.90 Å². The van der Waals surface area contributed by atoms with E-state index < -0.39 is 10.0 Å². The van der Waals surface area contributed by atoms with E-state index in [1.807, 2.05) is 0 Å². The van der Waals surface area contributed by atoms with Crippen molar-refractivity contribution in [3.8, 4) is 5.75 Å². The second kappa shape index (κ2) is 6.93. The molecule has 1 saturated heterocycles. The maximum atomic E-state index is 12.5. The van der Waals surface area contributed by atoms with E-state index in [1.165, 1.54) is 31.4 Å². The number of carbonyl (C=O) groups excluding carboxylic acids is 1. The Labute approximate surface area is 130 Å². The van der Waals surface area contributed by atoms with Crippen molar-refractivity contribution in [3.05, 3.63) is 36.4 Å². The minimum atomic E-state index is -3.67. The van der Waals surface area contributed by atoms with Crippen LogP contribution in [-0.2, 0) is 10.0 Å². The summed E-state index contributed by atoms with van der Waals surface area (Å²) in [4.78, 5) is 14.3. The lowest BCUT2D eigenvalue weighted by molar-refractivity contribution is 0.0789. The highest BCUT2D eigenvalue weighted by Crippen LogP contribution is 2.25. The number of likely N-dealkylation sites (tertiary alicyclic amines) is 1. The first-order valence-electron chi connectivity index (χ1n) is 7.07. The highest BCUT2D eigenvalue weighted by atomic mass is 32.2. The van der Waals surface area contributed by atoms with Crippen LogP contribution in [0.15, 0.2) is 35.7 Å². The third-order valence-corrected chi connectivity index (χ3v) is 4.94. The topological polar surface area (TPSA) is 75.7 Å². The second-order valence-corrected chi connectivity index (χ2v) is 6.77. The van der Waals surface area contributed by atoms with Crippen LogP contribution < -0.4 is 9.46 Å². The zero-order valence-electron chi connectivity index (χ0n) is 12.5. The molecule has 120 valence electrons. The highest BCUT2D eigenvalue weighted by molar-refractivity contribution is 7.89. The van der Waals surface area contributed by atoms with Crippen LogP contribution in [0.1, 0.15) is 23.2 Å². The van der Waals surface area contributed by atoms with Crippen molar-refractivity contribution in [2.24, 2.45) is 0 Å². The number of ether oxygens (including phenoxy) is 1. The summed E-state index contributed by atoms with van der Waals surface area (Å²) in [7, 11) is -2.22. The van der Waals surface area contributed by atoms with Gasteiger partial charge in [0, 0.05) is 19.6 Å². The van der Waals surface area contributed by atoms with Gasteiger partial charge >= 0.3 is 0 Å². The summed E-state index contributed by atoms with van der Waals surface area (Å²) in [5, 5.41) is 0. The van der Waals surface area contributed by atoms with Crippen LogP contribution in [0.5, 0.6) is 5.75 Å². The molecule has 1 fully saturated rings. The summed E-state index contributed by atoms with van der Waals surface area (Å²) < 4.78 is 31.9. The van der Waals surface area contributed by atoms with Crippen LogP contribution in [0.3, 0.4) is 0 Å². The normalized spacial score (nSPS) is 14.9. The number of hydrogen-bond acceptors (Lipinski definition) is 4. The van der Waals surface area contributed by atoms with Gasteiger partial charge in [0.2, 0.25) is 10.0 Å². The highest BCUT2D eigenvalue weighted by Gasteiger charge is 2.24. The number of nitrogens with zero attached hydrogens (tertiary/aromatic N) is 1. The molecule has 1 amide bonds. The van der Waals surface area contributed by atoms with Gasteiger partial charge in [-0.25, -0.2) is 13.1 Å². The quantitative estimate of drug-likeness (QED) is 0.803. The van der Waals surface area contributed by atoms with E-state index in [-0.39, 0.29) is 22.9 Å². The Morgan fingerprint density at radius 1 is 1.41 bits per heavy atom. The average molecular weight is 324 g/mol. The molecule has 1 aromatic carbocycles. The fourth-order valence-electron chi connectivity index (χ4n) is 2.36. The maximum Gasteiger partial charge on any atom is 0.257 e. The largest absolute Gasteiger partial charge is 0.496 e. The minimum absolute atomic E-state index is 0.0395. The van der Waals surface area contributed by atoms with Crippen molar-refractivity contribution in [3.63, 3.8) is 0 Å². The van der Waals surface area contributed by atoms with Crippen molar-refractivity contribution in [2.45, 2.75) is 17.7 Å². The number of sulfonamides is 1. The van der Waals surface area contributed by atoms with Gasteiger partial charge < -0.3 is 9.64 Å². The lowest BCUT2D eigenvalue weighted by Crippen LogP contribution is -2.29. The zero-order chi connectivity index (χ0) is 16.2. The summed E-state index contributed by atoms with van der Waals surface area (Å²) in [6.07, 6.45) is 3.39. The molecule has 0 unspecified atom stereocenters. The molecule has 0 bridgehead atoms. The fraction of sp³-hybridized carbons (Fsp3) is 0.400. The van der Waals surface area contributed by atoms with Gasteiger partial charge in [-0.1, -0.05) is 6.08 Å². The number of methoxy groups -OCH3 is 1. The smallest absolute Gasteiger partial charge is 0.257 e. The van der Waals surface area contributed by atoms with Crippen molar-refractivity contribution < 1.29 is 17.9 Å². The molecule has 0 saturated carbocycles. The van der Waals surface area contributed by atoms with E-state index in [9.17, 15) is 13.2 Å². The Balaban J connectivity index is 2.37. The molecule has 0 aliphatic carbocycles. The molecule has 1 heterocycles. The number of carbonyl (C=O) groups is 1. The predicted molar refractivity (Wildman–Crippen MR) is 83.5 cm³/mol. The first kappa shape index (κ1) is 16.5. The van der Waals surface area contributed by atoms with Gasteiger partial charge in [-0.3, -0.25) is 4.79 Å². The molecule has 2 rings (SSSR count). The van der Waals surface area contributed by atoms with Gasteiger partial charge in [0.25, 0.3) is 5.91 Å². The summed E-state index contributed by atoms with van der Waals surface area (Å²) in [6.45, 7) is 4.98. The SMILES string of the molecule is C=CCNS(=O)(=O)c1ccc(OC)c(C(=O)N2CCCC2)c1. The van der Waals surface area contributed by atoms with Crippen LogP contribution in [-0.4, -0.2) is 46.0 Å². The summed E-state index contributed by atoms with van der Waals surface area (Å²) in [6, 6.07) is 4.29. The van der Waals surface area contributed by atoms with Crippen LogP contribution in [0.25, 0.3) is 0 Å². The standard InChI is InChI=1S/C15H20N2O4S/c1-3-8-16-22(19,20)12-6-7-14(21-2)13(11-12)15(18)17-9-4-5-10-17/h3,6-7,11,16H,1,4-5,8-10H2,2H3. The Morgan fingerprint density at radius 2 is 2.09 bits per heavy atom. The number of benzene rings is 1. The van der Waals surface area contributed by atoms with Crippen molar-refractivity contribution >= 4 is 15.9 Å². The van der Waals surface area contributed by atoms with Gasteiger partial charge in [0.1, 0.15) is 5.75 Å². The van der Waals surface area contributed by atoms with Crippen LogP contribution >= 0.6 is 0 Å². The summed E-state index contributed by atoms with van der Waals surface area (Å²) in [5.41, 5.74) is 0.269. The lowest BCUT2D eigenvalue weighted by Gasteiger charge is -2.18. The molecule has 0 spiro atoms. The Bertz CT molecular complexity index is 664. The lowest BCUT2D eigenvalue weighted by atomic mass is 10.1. The van der Waals surface area contributed by atoms with E-state index >= 15 is 0 Å². The van der Waals surface area contributed by atoms with E-state index in [0.29, 0.717) is 18.8 Å². The summed E-state index contributed by atoms with van der Waals surface area (Å²) in [5.74, 6) is 0.176. The van der Waals surface area contributed by atoms with E-state index in [4.69, 9.17) is 4.74 Å². The Hall–Kier alpha value is -1.86. The van der Waals surface area contributed by atoms with Gasteiger partial charge in [0.05, 0.1) is 17.6 Å². The van der Waals surface area contributed by atoms with Crippen LogP contribution in [0.4, 0.5) is 0 Å². The van der Waals surface area contributed by atoms with Gasteiger partial charge in [-0.05, 0) is 31.0 Å². The van der Waals surface area contributed by atoms with Gasteiger partial charge in [-0.15, -0.1) is 6.58 Å². The number of amides is 1. The molecule has 1 aliphatic rings. The monoisotopic (exact) mass is 324 g/mol. The maximum absolute atomic E-state index is 12.5. The third kappa shape index (κ3) is 3.48. The predicted octanol–water partition coefficient (Wildman–Crippen LogP) is 1.40. The number of nitrogens with one attached hydrogen (secondary N) is 1. The first-order chi connectivity index (χ1) is 10.5. The van der Waals surface area contributed by atoms with Gasteiger partial charge in [0.15, 0.2) is 0 Å². The molecule has 1 N–H and O–H groups in total. The molecular formula is C15H20N2O4S. The number of hydrogen-bond donors (Lipinski definition) is 1. The van der Waals surface area contributed by atoms with Crippen molar-refractivity contribution in [1.82, 2.24) is 9.62 Å². The van der Waals surface area contributed by atoms with Crippen molar-refractivity contribution in [2.75, 3.05) is 26.7 Å². The number of rotatable bonds is 6. The molecule has 0 atom stereocenters.